The lowest BCUT2D eigenvalue weighted by atomic mass is 10.1. The molecule has 1 saturated heterocycles. The molecule has 2 rings (SSSR count). The van der Waals surface area contributed by atoms with Gasteiger partial charge in [-0.15, -0.1) is 0 Å². The minimum absolute atomic E-state index is 0.486. The van der Waals surface area contributed by atoms with Crippen molar-refractivity contribution < 1.29 is 4.74 Å². The molecular formula is C11H14BrNO. The molecule has 14 heavy (non-hydrogen) atoms. The summed E-state index contributed by atoms with van der Waals surface area (Å²) in [7, 11) is 1.70. The van der Waals surface area contributed by atoms with Gasteiger partial charge < -0.3 is 10.1 Å². The fourth-order valence-corrected chi connectivity index (χ4v) is 2.61. The Morgan fingerprint density at radius 1 is 1.50 bits per heavy atom. The lowest BCUT2D eigenvalue weighted by Crippen LogP contribution is -2.13. The maximum atomic E-state index is 5.27. The van der Waals surface area contributed by atoms with Crippen molar-refractivity contribution in [3.05, 3.63) is 28.2 Å². The van der Waals surface area contributed by atoms with Crippen LogP contribution < -0.4 is 10.1 Å². The van der Waals surface area contributed by atoms with Crippen LogP contribution in [-0.2, 0) is 0 Å². The quantitative estimate of drug-likeness (QED) is 0.878. The van der Waals surface area contributed by atoms with Crippen LogP contribution in [-0.4, -0.2) is 13.7 Å². The smallest absolute Gasteiger partial charge is 0.133 e. The molecular weight excluding hydrogens is 242 g/mol. The van der Waals surface area contributed by atoms with E-state index in [1.54, 1.807) is 7.11 Å². The Balaban J connectivity index is 2.32. The standard InChI is InChI=1S/C11H14BrNO/c1-14-10-6-2-4-8(11(10)12)9-5-3-7-13-9/h2,4,6,9,13H,3,5,7H2,1H3. The molecule has 0 bridgehead atoms. The molecule has 0 spiro atoms. The number of hydrogen-bond donors (Lipinski definition) is 1. The van der Waals surface area contributed by atoms with Gasteiger partial charge in [0.25, 0.3) is 0 Å². The zero-order chi connectivity index (χ0) is 9.97. The number of benzene rings is 1. The van der Waals surface area contributed by atoms with Gasteiger partial charge in [-0.25, -0.2) is 0 Å². The summed E-state index contributed by atoms with van der Waals surface area (Å²) < 4.78 is 6.36. The first-order chi connectivity index (χ1) is 6.83. The molecule has 0 radical (unpaired) electrons. The molecule has 0 aliphatic carbocycles. The van der Waals surface area contributed by atoms with Crippen LogP contribution in [0.1, 0.15) is 24.4 Å². The minimum Gasteiger partial charge on any atom is -0.496 e. The van der Waals surface area contributed by atoms with E-state index in [9.17, 15) is 0 Å². The van der Waals surface area contributed by atoms with Crippen molar-refractivity contribution in [3.8, 4) is 5.75 Å². The molecule has 1 fully saturated rings. The first kappa shape index (κ1) is 9.99. The van der Waals surface area contributed by atoms with Crippen molar-refractivity contribution >= 4 is 15.9 Å². The van der Waals surface area contributed by atoms with Crippen molar-refractivity contribution in [2.75, 3.05) is 13.7 Å². The Hall–Kier alpha value is -0.540. The molecule has 1 aromatic carbocycles. The van der Waals surface area contributed by atoms with Gasteiger partial charge in [0.2, 0.25) is 0 Å². The van der Waals surface area contributed by atoms with Gasteiger partial charge in [-0.3, -0.25) is 0 Å². The Bertz CT molecular complexity index is 321. The fourth-order valence-electron chi connectivity index (χ4n) is 1.90. The maximum Gasteiger partial charge on any atom is 0.133 e. The maximum absolute atomic E-state index is 5.27. The highest BCUT2D eigenvalue weighted by Crippen LogP contribution is 2.35. The zero-order valence-corrected chi connectivity index (χ0v) is 9.80. The second-order valence-electron chi connectivity index (χ2n) is 3.51. The van der Waals surface area contributed by atoms with Crippen LogP contribution in [0.5, 0.6) is 5.75 Å². The third kappa shape index (κ3) is 1.79. The van der Waals surface area contributed by atoms with E-state index in [0.29, 0.717) is 6.04 Å². The number of ether oxygens (including phenoxy) is 1. The van der Waals surface area contributed by atoms with Crippen LogP contribution in [0.3, 0.4) is 0 Å². The number of methoxy groups -OCH3 is 1. The second-order valence-corrected chi connectivity index (χ2v) is 4.31. The van der Waals surface area contributed by atoms with Gasteiger partial charge in [0.15, 0.2) is 0 Å². The van der Waals surface area contributed by atoms with Crippen molar-refractivity contribution in [2.24, 2.45) is 0 Å². The first-order valence-corrected chi connectivity index (χ1v) is 5.68. The highest BCUT2D eigenvalue weighted by Gasteiger charge is 2.19. The Kier molecular flexibility index (Phi) is 3.08. The number of nitrogens with one attached hydrogen (secondary N) is 1. The number of rotatable bonds is 2. The second kappa shape index (κ2) is 4.32. The van der Waals surface area contributed by atoms with Crippen LogP contribution in [0.4, 0.5) is 0 Å². The van der Waals surface area contributed by atoms with E-state index in [2.05, 4.69) is 27.3 Å². The van der Waals surface area contributed by atoms with Gasteiger partial charge in [-0.05, 0) is 46.9 Å². The monoisotopic (exact) mass is 255 g/mol. The summed E-state index contributed by atoms with van der Waals surface area (Å²) >= 11 is 3.59. The summed E-state index contributed by atoms with van der Waals surface area (Å²) in [4.78, 5) is 0. The normalized spacial score (nSPS) is 21.1. The van der Waals surface area contributed by atoms with Crippen LogP contribution in [0.15, 0.2) is 22.7 Å². The van der Waals surface area contributed by atoms with Crippen molar-refractivity contribution in [3.63, 3.8) is 0 Å². The van der Waals surface area contributed by atoms with Gasteiger partial charge >= 0.3 is 0 Å². The molecule has 0 aromatic heterocycles. The predicted molar refractivity (Wildman–Crippen MR) is 60.7 cm³/mol. The van der Waals surface area contributed by atoms with Gasteiger partial charge in [-0.2, -0.15) is 0 Å². The first-order valence-electron chi connectivity index (χ1n) is 4.88. The molecule has 1 atom stereocenters. The van der Waals surface area contributed by atoms with Gasteiger partial charge in [0.05, 0.1) is 11.6 Å². The average Bonchev–Trinajstić information content (AvgIpc) is 2.71. The van der Waals surface area contributed by atoms with Gasteiger partial charge in [0.1, 0.15) is 5.75 Å². The van der Waals surface area contributed by atoms with Crippen LogP contribution in [0, 0.1) is 0 Å². The lowest BCUT2D eigenvalue weighted by molar-refractivity contribution is 0.410. The summed E-state index contributed by atoms with van der Waals surface area (Å²) in [5.74, 6) is 0.913. The van der Waals surface area contributed by atoms with Crippen molar-refractivity contribution in [2.45, 2.75) is 18.9 Å². The van der Waals surface area contributed by atoms with E-state index in [0.717, 1.165) is 16.8 Å². The molecule has 1 N–H and O–H groups in total. The van der Waals surface area contributed by atoms with Crippen LogP contribution in [0.25, 0.3) is 0 Å². The molecule has 1 heterocycles. The van der Waals surface area contributed by atoms with Crippen molar-refractivity contribution in [1.29, 1.82) is 0 Å². The molecule has 1 aliphatic heterocycles. The molecule has 76 valence electrons. The summed E-state index contributed by atoms with van der Waals surface area (Å²) in [6, 6.07) is 6.65. The van der Waals surface area contributed by atoms with E-state index >= 15 is 0 Å². The zero-order valence-electron chi connectivity index (χ0n) is 8.22. The van der Waals surface area contributed by atoms with Crippen LogP contribution >= 0.6 is 15.9 Å². The summed E-state index contributed by atoms with van der Waals surface area (Å²) in [5, 5.41) is 3.48. The molecule has 2 nitrogen and oxygen atoms in total. The molecule has 1 unspecified atom stereocenters. The largest absolute Gasteiger partial charge is 0.496 e. The fraction of sp³-hybridized carbons (Fsp3) is 0.455. The summed E-state index contributed by atoms with van der Waals surface area (Å²) in [6.07, 6.45) is 2.47. The topological polar surface area (TPSA) is 21.3 Å². The molecule has 0 saturated carbocycles. The third-order valence-corrected chi connectivity index (χ3v) is 3.50. The van der Waals surface area contributed by atoms with E-state index in [1.807, 2.05) is 12.1 Å². The SMILES string of the molecule is COc1cccc(C2CCCN2)c1Br. The molecule has 3 heteroatoms. The van der Waals surface area contributed by atoms with Gasteiger partial charge in [0, 0.05) is 6.04 Å². The van der Waals surface area contributed by atoms with E-state index in [-0.39, 0.29) is 0 Å². The van der Waals surface area contributed by atoms with Gasteiger partial charge in [-0.1, -0.05) is 12.1 Å². The summed E-state index contributed by atoms with van der Waals surface area (Å²) in [5.41, 5.74) is 1.31. The highest BCUT2D eigenvalue weighted by atomic mass is 79.9. The lowest BCUT2D eigenvalue weighted by Gasteiger charge is -2.14. The Morgan fingerprint density at radius 3 is 3.00 bits per heavy atom. The minimum atomic E-state index is 0.486. The molecule has 0 amide bonds. The van der Waals surface area contributed by atoms with E-state index in [4.69, 9.17) is 4.74 Å². The summed E-state index contributed by atoms with van der Waals surface area (Å²) in [6.45, 7) is 1.12. The molecule has 1 aromatic rings. The number of hydrogen-bond acceptors (Lipinski definition) is 2. The van der Waals surface area contributed by atoms with Crippen molar-refractivity contribution in [1.82, 2.24) is 5.32 Å². The predicted octanol–water partition coefficient (Wildman–Crippen LogP) is 2.88. The molecule has 1 aliphatic rings. The Labute approximate surface area is 92.8 Å². The van der Waals surface area contributed by atoms with E-state index < -0.39 is 0 Å². The highest BCUT2D eigenvalue weighted by molar-refractivity contribution is 9.10. The van der Waals surface area contributed by atoms with E-state index in [1.165, 1.54) is 18.4 Å². The van der Waals surface area contributed by atoms with Crippen LogP contribution in [0.2, 0.25) is 0 Å². The average molecular weight is 256 g/mol. The number of halogens is 1. The Morgan fingerprint density at radius 2 is 2.36 bits per heavy atom. The third-order valence-electron chi connectivity index (χ3n) is 2.65.